The maximum atomic E-state index is 10.5. The van der Waals surface area contributed by atoms with Crippen LogP contribution in [0.15, 0.2) is 18.2 Å². The maximum absolute atomic E-state index is 10.5. The molecule has 0 radical (unpaired) electrons. The Bertz CT molecular complexity index is 455. The molecular formula is C16H23NO3. The minimum Gasteiger partial charge on any atom is -0.490 e. The monoisotopic (exact) mass is 277 g/mol. The van der Waals surface area contributed by atoms with Gasteiger partial charge in [-0.3, -0.25) is 0 Å². The summed E-state index contributed by atoms with van der Waals surface area (Å²) in [7, 11) is 0. The number of benzene rings is 1. The molecule has 0 spiro atoms. The summed E-state index contributed by atoms with van der Waals surface area (Å²) in [6, 6.07) is 5.89. The lowest BCUT2D eigenvalue weighted by molar-refractivity contribution is 0.0167. The van der Waals surface area contributed by atoms with E-state index in [1.54, 1.807) is 0 Å². The third kappa shape index (κ3) is 3.18. The molecule has 1 aliphatic heterocycles. The van der Waals surface area contributed by atoms with Crippen molar-refractivity contribution < 1.29 is 14.6 Å². The molecule has 0 aromatic heterocycles. The van der Waals surface area contributed by atoms with Crippen LogP contribution in [0, 0.1) is 0 Å². The van der Waals surface area contributed by atoms with Crippen molar-refractivity contribution >= 4 is 5.69 Å². The summed E-state index contributed by atoms with van der Waals surface area (Å²) in [5, 5.41) is 13.8. The molecule has 0 unspecified atom stereocenters. The van der Waals surface area contributed by atoms with E-state index in [-0.39, 0.29) is 0 Å². The highest BCUT2D eigenvalue weighted by atomic mass is 16.5. The molecule has 0 atom stereocenters. The van der Waals surface area contributed by atoms with Gasteiger partial charge in [0, 0.05) is 24.7 Å². The lowest BCUT2D eigenvalue weighted by Gasteiger charge is -2.32. The zero-order chi connectivity index (χ0) is 13.8. The molecule has 0 bridgehead atoms. The van der Waals surface area contributed by atoms with Gasteiger partial charge in [0.15, 0.2) is 11.5 Å². The second kappa shape index (κ2) is 5.92. The van der Waals surface area contributed by atoms with Crippen molar-refractivity contribution in [3.63, 3.8) is 0 Å². The van der Waals surface area contributed by atoms with Crippen LogP contribution in [0.4, 0.5) is 5.69 Å². The molecule has 1 heterocycles. The molecule has 4 nitrogen and oxygen atoms in total. The van der Waals surface area contributed by atoms with Crippen molar-refractivity contribution in [2.24, 2.45) is 0 Å². The van der Waals surface area contributed by atoms with Crippen LogP contribution in [0.5, 0.6) is 11.5 Å². The van der Waals surface area contributed by atoms with Crippen molar-refractivity contribution in [2.45, 2.75) is 44.1 Å². The van der Waals surface area contributed by atoms with Crippen molar-refractivity contribution in [3.05, 3.63) is 18.2 Å². The predicted octanol–water partition coefficient (Wildman–Crippen LogP) is 2.96. The summed E-state index contributed by atoms with van der Waals surface area (Å²) < 4.78 is 11.3. The number of hydrogen-bond acceptors (Lipinski definition) is 4. The van der Waals surface area contributed by atoms with Gasteiger partial charge in [0.05, 0.1) is 18.8 Å². The topological polar surface area (TPSA) is 50.7 Å². The Kier molecular flexibility index (Phi) is 4.01. The van der Waals surface area contributed by atoms with Crippen molar-refractivity contribution in [1.29, 1.82) is 0 Å². The Hall–Kier alpha value is -1.42. The average molecular weight is 277 g/mol. The Morgan fingerprint density at radius 1 is 1.00 bits per heavy atom. The number of ether oxygens (including phenoxy) is 2. The molecule has 1 saturated carbocycles. The molecule has 1 aliphatic carbocycles. The molecule has 1 aromatic carbocycles. The Labute approximate surface area is 120 Å². The molecule has 3 rings (SSSR count). The summed E-state index contributed by atoms with van der Waals surface area (Å²) in [4.78, 5) is 0. The Morgan fingerprint density at radius 2 is 1.75 bits per heavy atom. The summed E-state index contributed by atoms with van der Waals surface area (Å²) >= 11 is 0. The van der Waals surface area contributed by atoms with E-state index in [0.29, 0.717) is 19.8 Å². The SMILES string of the molecule is OC1(CNc2ccc3c(c2)OCCCO3)CCCCC1. The smallest absolute Gasteiger partial charge is 0.163 e. The van der Waals surface area contributed by atoms with Crippen LogP contribution in [0.3, 0.4) is 0 Å². The number of hydrogen-bond donors (Lipinski definition) is 2. The average Bonchev–Trinajstić information content (AvgIpc) is 2.71. The minimum atomic E-state index is -0.553. The molecule has 1 fully saturated rings. The van der Waals surface area contributed by atoms with E-state index in [1.165, 1.54) is 6.42 Å². The van der Waals surface area contributed by atoms with Crippen LogP contribution in [0.25, 0.3) is 0 Å². The van der Waals surface area contributed by atoms with Gasteiger partial charge in [-0.05, 0) is 25.0 Å². The molecule has 1 aromatic rings. The quantitative estimate of drug-likeness (QED) is 0.892. The number of rotatable bonds is 3. The normalized spacial score (nSPS) is 21.1. The minimum absolute atomic E-state index is 0.553. The van der Waals surface area contributed by atoms with E-state index >= 15 is 0 Å². The molecule has 110 valence electrons. The number of anilines is 1. The van der Waals surface area contributed by atoms with E-state index in [1.807, 2.05) is 18.2 Å². The van der Waals surface area contributed by atoms with E-state index in [4.69, 9.17) is 9.47 Å². The predicted molar refractivity (Wildman–Crippen MR) is 78.6 cm³/mol. The number of nitrogens with one attached hydrogen (secondary N) is 1. The first-order chi connectivity index (χ1) is 9.75. The van der Waals surface area contributed by atoms with Crippen molar-refractivity contribution in [1.82, 2.24) is 0 Å². The van der Waals surface area contributed by atoms with Crippen LogP contribution >= 0.6 is 0 Å². The van der Waals surface area contributed by atoms with E-state index in [2.05, 4.69) is 5.32 Å². The number of aliphatic hydroxyl groups is 1. The second-order valence-corrected chi connectivity index (χ2v) is 5.85. The summed E-state index contributed by atoms with van der Waals surface area (Å²) in [5.41, 5.74) is 0.427. The fourth-order valence-corrected chi connectivity index (χ4v) is 2.93. The Balaban J connectivity index is 1.64. The van der Waals surface area contributed by atoms with Gasteiger partial charge in [-0.2, -0.15) is 0 Å². The van der Waals surface area contributed by atoms with Crippen LogP contribution in [-0.2, 0) is 0 Å². The largest absolute Gasteiger partial charge is 0.490 e. The van der Waals surface area contributed by atoms with Crippen LogP contribution in [-0.4, -0.2) is 30.5 Å². The third-order valence-corrected chi connectivity index (χ3v) is 4.15. The maximum Gasteiger partial charge on any atom is 0.163 e. The van der Waals surface area contributed by atoms with Gasteiger partial charge in [0.1, 0.15) is 0 Å². The van der Waals surface area contributed by atoms with Crippen molar-refractivity contribution in [3.8, 4) is 11.5 Å². The first-order valence-electron chi connectivity index (χ1n) is 7.61. The summed E-state index contributed by atoms with van der Waals surface area (Å²) in [5.74, 6) is 1.60. The molecule has 4 heteroatoms. The molecule has 0 saturated heterocycles. The first kappa shape index (κ1) is 13.6. The third-order valence-electron chi connectivity index (χ3n) is 4.15. The highest BCUT2D eigenvalue weighted by molar-refractivity contribution is 5.55. The molecule has 2 N–H and O–H groups in total. The van der Waals surface area contributed by atoms with Crippen LogP contribution in [0.2, 0.25) is 0 Å². The lowest BCUT2D eigenvalue weighted by atomic mass is 9.85. The van der Waals surface area contributed by atoms with Gasteiger partial charge >= 0.3 is 0 Å². The van der Waals surface area contributed by atoms with Gasteiger partial charge in [0.2, 0.25) is 0 Å². The highest BCUT2D eigenvalue weighted by Crippen LogP contribution is 2.33. The van der Waals surface area contributed by atoms with Crippen molar-refractivity contribution in [2.75, 3.05) is 25.1 Å². The second-order valence-electron chi connectivity index (χ2n) is 5.85. The zero-order valence-corrected chi connectivity index (χ0v) is 11.9. The fraction of sp³-hybridized carbons (Fsp3) is 0.625. The van der Waals surface area contributed by atoms with E-state index < -0.39 is 5.60 Å². The summed E-state index contributed by atoms with van der Waals surface area (Å²) in [6.07, 6.45) is 6.19. The van der Waals surface area contributed by atoms with E-state index in [0.717, 1.165) is 49.3 Å². The van der Waals surface area contributed by atoms with Gasteiger partial charge in [-0.25, -0.2) is 0 Å². The standard InChI is InChI=1S/C16H23NO3/c18-16(7-2-1-3-8-16)12-17-13-5-6-14-15(11-13)20-10-4-9-19-14/h5-6,11,17-18H,1-4,7-10,12H2. The van der Waals surface area contributed by atoms with Gasteiger partial charge < -0.3 is 19.9 Å². The highest BCUT2D eigenvalue weighted by Gasteiger charge is 2.28. The van der Waals surface area contributed by atoms with Gasteiger partial charge in [-0.15, -0.1) is 0 Å². The number of fused-ring (bicyclic) bond motifs is 1. The Morgan fingerprint density at radius 3 is 2.55 bits per heavy atom. The molecule has 2 aliphatic rings. The van der Waals surface area contributed by atoms with Crippen LogP contribution < -0.4 is 14.8 Å². The lowest BCUT2D eigenvalue weighted by Crippen LogP contribution is -2.38. The van der Waals surface area contributed by atoms with E-state index in [9.17, 15) is 5.11 Å². The van der Waals surface area contributed by atoms with Crippen LogP contribution in [0.1, 0.15) is 38.5 Å². The fourth-order valence-electron chi connectivity index (χ4n) is 2.93. The zero-order valence-electron chi connectivity index (χ0n) is 11.9. The first-order valence-corrected chi connectivity index (χ1v) is 7.61. The molecule has 20 heavy (non-hydrogen) atoms. The summed E-state index contributed by atoms with van der Waals surface area (Å²) in [6.45, 7) is 2.01. The molecular weight excluding hydrogens is 254 g/mol. The van der Waals surface area contributed by atoms with Gasteiger partial charge in [-0.1, -0.05) is 19.3 Å². The van der Waals surface area contributed by atoms with Gasteiger partial charge in [0.25, 0.3) is 0 Å². The molecule has 0 amide bonds.